The first-order valence-corrected chi connectivity index (χ1v) is 8.02. The molecule has 2 rings (SSSR count). The van der Waals surface area contributed by atoms with Crippen molar-refractivity contribution in [2.75, 3.05) is 0 Å². The zero-order valence-corrected chi connectivity index (χ0v) is 15.0. The predicted octanol–water partition coefficient (Wildman–Crippen LogP) is 6.31. The van der Waals surface area contributed by atoms with Crippen LogP contribution in [-0.4, -0.2) is 5.11 Å². The maximum absolute atomic E-state index is 10.8. The average Bonchev–Trinajstić information content (AvgIpc) is 2.37. The maximum atomic E-state index is 10.8. The van der Waals surface area contributed by atoms with E-state index in [-0.39, 0.29) is 10.8 Å². The number of phenols is 1. The minimum Gasteiger partial charge on any atom is -0.507 e. The Morgan fingerprint density at radius 3 is 1.50 bits per heavy atom. The highest BCUT2D eigenvalue weighted by molar-refractivity contribution is 6.30. The van der Waals surface area contributed by atoms with E-state index in [1.807, 2.05) is 24.3 Å². The summed E-state index contributed by atoms with van der Waals surface area (Å²) in [5.74, 6) is 0.415. The van der Waals surface area contributed by atoms with Crippen molar-refractivity contribution in [3.05, 3.63) is 52.5 Å². The highest BCUT2D eigenvalue weighted by Crippen LogP contribution is 2.42. The van der Waals surface area contributed by atoms with Crippen LogP contribution >= 0.6 is 11.6 Å². The molecule has 0 amide bonds. The summed E-state index contributed by atoms with van der Waals surface area (Å²) in [5.41, 5.74) is 3.94. The molecule has 2 aromatic carbocycles. The molecule has 0 aliphatic carbocycles. The van der Waals surface area contributed by atoms with Crippen LogP contribution in [-0.2, 0) is 10.8 Å². The molecule has 1 nitrogen and oxygen atoms in total. The quantitative estimate of drug-likeness (QED) is 0.653. The lowest BCUT2D eigenvalue weighted by atomic mass is 9.78. The van der Waals surface area contributed by atoms with Crippen molar-refractivity contribution in [3.8, 4) is 16.9 Å². The molecule has 2 aromatic rings. The minimum absolute atomic E-state index is 0.119. The fourth-order valence-corrected chi connectivity index (χ4v) is 2.71. The van der Waals surface area contributed by atoms with Crippen LogP contribution in [0.15, 0.2) is 36.4 Å². The summed E-state index contributed by atoms with van der Waals surface area (Å²) in [5, 5.41) is 11.5. The van der Waals surface area contributed by atoms with Crippen molar-refractivity contribution < 1.29 is 5.11 Å². The molecule has 22 heavy (non-hydrogen) atoms. The van der Waals surface area contributed by atoms with Gasteiger partial charge in [0.05, 0.1) is 0 Å². The number of hydrogen-bond donors (Lipinski definition) is 1. The van der Waals surface area contributed by atoms with Crippen LogP contribution in [0.5, 0.6) is 5.75 Å². The molecule has 0 spiro atoms. The fraction of sp³-hybridized carbons (Fsp3) is 0.400. The van der Waals surface area contributed by atoms with E-state index < -0.39 is 0 Å². The van der Waals surface area contributed by atoms with Gasteiger partial charge in [-0.15, -0.1) is 0 Å². The molecule has 0 aromatic heterocycles. The van der Waals surface area contributed by atoms with Gasteiger partial charge >= 0.3 is 0 Å². The predicted molar refractivity (Wildman–Crippen MR) is 96.0 cm³/mol. The van der Waals surface area contributed by atoms with Gasteiger partial charge in [0.25, 0.3) is 0 Å². The lowest BCUT2D eigenvalue weighted by Gasteiger charge is -2.28. The molecular weight excluding hydrogens is 292 g/mol. The molecule has 0 bridgehead atoms. The lowest BCUT2D eigenvalue weighted by molar-refractivity contribution is 0.423. The van der Waals surface area contributed by atoms with Gasteiger partial charge < -0.3 is 5.11 Å². The zero-order valence-electron chi connectivity index (χ0n) is 14.3. The summed E-state index contributed by atoms with van der Waals surface area (Å²) in [6, 6.07) is 12.0. The van der Waals surface area contributed by atoms with Gasteiger partial charge in [0.2, 0.25) is 0 Å². The van der Waals surface area contributed by atoms with Crippen LogP contribution < -0.4 is 0 Å². The molecule has 0 radical (unpaired) electrons. The fourth-order valence-electron chi connectivity index (χ4n) is 2.59. The van der Waals surface area contributed by atoms with E-state index >= 15 is 0 Å². The highest BCUT2D eigenvalue weighted by atomic mass is 35.5. The van der Waals surface area contributed by atoms with E-state index in [4.69, 9.17) is 11.6 Å². The molecule has 118 valence electrons. The molecular formula is C20H25ClO. The Balaban J connectivity index is 2.73. The molecule has 0 unspecified atom stereocenters. The monoisotopic (exact) mass is 316 g/mol. The van der Waals surface area contributed by atoms with E-state index in [9.17, 15) is 5.11 Å². The molecule has 0 aliphatic rings. The number of aromatic hydroxyl groups is 1. The number of hydrogen-bond acceptors (Lipinski definition) is 1. The summed E-state index contributed by atoms with van der Waals surface area (Å²) in [6.45, 7) is 12.8. The van der Waals surface area contributed by atoms with Gasteiger partial charge in [-0.3, -0.25) is 0 Å². The van der Waals surface area contributed by atoms with Gasteiger partial charge in [0.1, 0.15) is 5.75 Å². The largest absolute Gasteiger partial charge is 0.507 e. The Kier molecular flexibility index (Phi) is 4.32. The molecule has 0 aliphatic heterocycles. The second-order valence-electron chi connectivity index (χ2n) is 7.93. The Bertz CT molecular complexity index is 635. The van der Waals surface area contributed by atoms with Crippen LogP contribution in [0.25, 0.3) is 11.1 Å². The summed E-state index contributed by atoms with van der Waals surface area (Å²) in [6.07, 6.45) is 0. The topological polar surface area (TPSA) is 20.2 Å². The first-order valence-electron chi connectivity index (χ1n) is 7.64. The second kappa shape index (κ2) is 5.62. The van der Waals surface area contributed by atoms with Gasteiger partial charge in [0.15, 0.2) is 0 Å². The standard InChI is InChI=1S/C20H25ClO/c1-19(2,3)16-11-14(13-7-9-15(21)10-8-13)12-17(18(16)22)20(4,5)6/h7-12,22H,1-6H3. The van der Waals surface area contributed by atoms with E-state index in [0.717, 1.165) is 27.3 Å². The number of benzene rings is 2. The van der Waals surface area contributed by atoms with Gasteiger partial charge in [-0.05, 0) is 46.2 Å². The van der Waals surface area contributed by atoms with Crippen molar-refractivity contribution >= 4 is 11.6 Å². The number of rotatable bonds is 1. The van der Waals surface area contributed by atoms with E-state index in [1.165, 1.54) is 0 Å². The Labute approximate surface area is 139 Å². The van der Waals surface area contributed by atoms with E-state index in [0.29, 0.717) is 5.75 Å². The zero-order chi connectivity index (χ0) is 16.7. The Morgan fingerprint density at radius 2 is 1.14 bits per heavy atom. The van der Waals surface area contributed by atoms with Crippen molar-refractivity contribution in [1.82, 2.24) is 0 Å². The van der Waals surface area contributed by atoms with Crippen LogP contribution in [0.3, 0.4) is 0 Å². The summed E-state index contributed by atoms with van der Waals surface area (Å²) >= 11 is 5.99. The summed E-state index contributed by atoms with van der Waals surface area (Å²) in [4.78, 5) is 0. The van der Waals surface area contributed by atoms with Crippen molar-refractivity contribution in [2.24, 2.45) is 0 Å². The summed E-state index contributed by atoms with van der Waals surface area (Å²) in [7, 11) is 0. The lowest BCUT2D eigenvalue weighted by Crippen LogP contribution is -2.17. The van der Waals surface area contributed by atoms with Gasteiger partial charge in [0, 0.05) is 16.1 Å². The number of phenolic OH excluding ortho intramolecular Hbond substituents is 1. The molecule has 2 heteroatoms. The molecule has 0 fully saturated rings. The van der Waals surface area contributed by atoms with E-state index in [2.05, 4.69) is 53.7 Å². The highest BCUT2D eigenvalue weighted by Gasteiger charge is 2.26. The third-order valence-corrected chi connectivity index (χ3v) is 4.16. The second-order valence-corrected chi connectivity index (χ2v) is 8.36. The van der Waals surface area contributed by atoms with Crippen LogP contribution in [0.2, 0.25) is 5.02 Å². The minimum atomic E-state index is -0.119. The number of halogens is 1. The van der Waals surface area contributed by atoms with Crippen molar-refractivity contribution in [2.45, 2.75) is 52.4 Å². The van der Waals surface area contributed by atoms with Crippen LogP contribution in [0.1, 0.15) is 52.7 Å². The third-order valence-electron chi connectivity index (χ3n) is 3.90. The Morgan fingerprint density at radius 1 is 0.727 bits per heavy atom. The van der Waals surface area contributed by atoms with Crippen molar-refractivity contribution in [3.63, 3.8) is 0 Å². The van der Waals surface area contributed by atoms with Gasteiger partial charge in [-0.2, -0.15) is 0 Å². The molecule has 1 N–H and O–H groups in total. The van der Waals surface area contributed by atoms with E-state index in [1.54, 1.807) is 0 Å². The molecule has 0 saturated carbocycles. The normalized spacial score (nSPS) is 12.5. The first-order chi connectivity index (χ1) is 10.00. The maximum Gasteiger partial charge on any atom is 0.123 e. The van der Waals surface area contributed by atoms with Crippen LogP contribution in [0, 0.1) is 0 Å². The third kappa shape index (κ3) is 3.47. The van der Waals surface area contributed by atoms with Gasteiger partial charge in [-0.25, -0.2) is 0 Å². The first kappa shape index (κ1) is 16.9. The molecule has 0 saturated heterocycles. The average molecular weight is 317 g/mol. The smallest absolute Gasteiger partial charge is 0.123 e. The Hall–Kier alpha value is -1.47. The van der Waals surface area contributed by atoms with Crippen molar-refractivity contribution in [1.29, 1.82) is 0 Å². The molecule has 0 atom stereocenters. The molecule has 0 heterocycles. The van der Waals surface area contributed by atoms with Crippen LogP contribution in [0.4, 0.5) is 0 Å². The summed E-state index contributed by atoms with van der Waals surface area (Å²) < 4.78 is 0. The SMILES string of the molecule is CC(C)(C)c1cc(-c2ccc(Cl)cc2)cc(C(C)(C)C)c1O. The van der Waals surface area contributed by atoms with Gasteiger partial charge in [-0.1, -0.05) is 65.3 Å².